The lowest BCUT2D eigenvalue weighted by Crippen LogP contribution is -2.09. The van der Waals surface area contributed by atoms with Gasteiger partial charge in [0, 0.05) is 5.41 Å². The number of oxazole rings is 1. The van der Waals surface area contributed by atoms with Gasteiger partial charge in [0.05, 0.1) is 18.4 Å². The summed E-state index contributed by atoms with van der Waals surface area (Å²) in [4.78, 5) is 4.26. The Balaban J connectivity index is 1.60. The molecule has 0 saturated carbocycles. The van der Waals surface area contributed by atoms with Crippen LogP contribution >= 0.6 is 11.8 Å². The van der Waals surface area contributed by atoms with Gasteiger partial charge in [0.1, 0.15) is 11.6 Å². The molecule has 3 rings (SSSR count). The SMILES string of the molecule is CC(C)(C)c1cnc(CSc2nnc(Cc3ccccc3F)o2)o1. The topological polar surface area (TPSA) is 65.0 Å². The van der Waals surface area contributed by atoms with Gasteiger partial charge in [-0.25, -0.2) is 9.37 Å². The molecule has 2 aromatic heterocycles. The Morgan fingerprint density at radius 2 is 1.88 bits per heavy atom. The predicted molar refractivity (Wildman–Crippen MR) is 88.3 cm³/mol. The van der Waals surface area contributed by atoms with E-state index < -0.39 is 0 Å². The van der Waals surface area contributed by atoms with Gasteiger partial charge in [-0.15, -0.1) is 10.2 Å². The smallest absolute Gasteiger partial charge is 0.277 e. The Morgan fingerprint density at radius 1 is 1.08 bits per heavy atom. The summed E-state index contributed by atoms with van der Waals surface area (Å²) in [7, 11) is 0. The standard InChI is InChI=1S/C17H18FN3O2S/c1-17(2,3)13-9-19-15(22-13)10-24-16-21-20-14(23-16)8-11-6-4-5-7-12(11)18/h4-7,9H,8,10H2,1-3H3. The molecule has 0 N–H and O–H groups in total. The average molecular weight is 347 g/mol. The fourth-order valence-electron chi connectivity index (χ4n) is 2.02. The number of rotatable bonds is 5. The van der Waals surface area contributed by atoms with Crippen LogP contribution < -0.4 is 0 Å². The zero-order valence-electron chi connectivity index (χ0n) is 13.7. The molecule has 0 aliphatic rings. The summed E-state index contributed by atoms with van der Waals surface area (Å²) in [5, 5.41) is 8.33. The van der Waals surface area contributed by atoms with E-state index in [0.29, 0.717) is 28.3 Å². The molecule has 0 fully saturated rings. The summed E-state index contributed by atoms with van der Waals surface area (Å²) in [6.07, 6.45) is 2.01. The molecular formula is C17H18FN3O2S. The maximum Gasteiger partial charge on any atom is 0.277 e. The first-order chi connectivity index (χ1) is 11.4. The molecule has 0 spiro atoms. The third-order valence-electron chi connectivity index (χ3n) is 3.36. The summed E-state index contributed by atoms with van der Waals surface area (Å²) in [6.45, 7) is 6.20. The summed E-state index contributed by atoms with van der Waals surface area (Å²) in [6, 6.07) is 6.54. The average Bonchev–Trinajstić information content (AvgIpc) is 3.16. The second-order valence-electron chi connectivity index (χ2n) is 6.39. The van der Waals surface area contributed by atoms with Crippen molar-refractivity contribution in [2.45, 2.75) is 43.6 Å². The minimum atomic E-state index is -0.278. The van der Waals surface area contributed by atoms with E-state index in [-0.39, 0.29) is 17.7 Å². The minimum Gasteiger partial charge on any atom is -0.444 e. The van der Waals surface area contributed by atoms with Gasteiger partial charge >= 0.3 is 0 Å². The van der Waals surface area contributed by atoms with Crippen LogP contribution in [0.3, 0.4) is 0 Å². The lowest BCUT2D eigenvalue weighted by Gasteiger charge is -2.12. The number of aromatic nitrogens is 3. The molecule has 126 valence electrons. The van der Waals surface area contributed by atoms with Crippen LogP contribution in [0, 0.1) is 5.82 Å². The minimum absolute atomic E-state index is 0.0761. The molecule has 0 aliphatic heterocycles. The summed E-state index contributed by atoms with van der Waals surface area (Å²) in [5.74, 6) is 2.05. The number of hydrogen-bond acceptors (Lipinski definition) is 6. The van der Waals surface area contributed by atoms with Gasteiger partial charge in [0.2, 0.25) is 11.8 Å². The van der Waals surface area contributed by atoms with Gasteiger partial charge in [-0.2, -0.15) is 0 Å². The molecule has 0 aliphatic carbocycles. The van der Waals surface area contributed by atoms with E-state index in [1.54, 1.807) is 24.4 Å². The molecule has 7 heteroatoms. The predicted octanol–water partition coefficient (Wildman–Crippen LogP) is 4.38. The van der Waals surface area contributed by atoms with Crippen LogP contribution in [-0.2, 0) is 17.6 Å². The fourth-order valence-corrected chi connectivity index (χ4v) is 2.65. The second kappa shape index (κ2) is 6.76. The van der Waals surface area contributed by atoms with Crippen molar-refractivity contribution >= 4 is 11.8 Å². The molecule has 0 saturated heterocycles. The Morgan fingerprint density at radius 3 is 2.58 bits per heavy atom. The van der Waals surface area contributed by atoms with E-state index in [4.69, 9.17) is 8.83 Å². The quantitative estimate of drug-likeness (QED) is 0.638. The number of halogens is 1. The fraction of sp³-hybridized carbons (Fsp3) is 0.353. The first-order valence-electron chi connectivity index (χ1n) is 7.55. The number of hydrogen-bond donors (Lipinski definition) is 0. The molecule has 2 heterocycles. The Hall–Kier alpha value is -2.15. The highest BCUT2D eigenvalue weighted by atomic mass is 32.2. The summed E-state index contributed by atoms with van der Waals surface area (Å²) < 4.78 is 24.9. The Labute approximate surface area is 143 Å². The van der Waals surface area contributed by atoms with Gasteiger partial charge in [-0.1, -0.05) is 50.7 Å². The van der Waals surface area contributed by atoms with Gasteiger partial charge in [-0.05, 0) is 11.6 Å². The zero-order valence-corrected chi connectivity index (χ0v) is 14.6. The summed E-state index contributed by atoms with van der Waals surface area (Å²) >= 11 is 1.34. The molecular weight excluding hydrogens is 329 g/mol. The van der Waals surface area contributed by atoms with Crippen LogP contribution in [0.2, 0.25) is 0 Å². The van der Waals surface area contributed by atoms with Crippen molar-refractivity contribution in [3.63, 3.8) is 0 Å². The van der Waals surface area contributed by atoms with Crippen molar-refractivity contribution in [3.05, 3.63) is 59.4 Å². The van der Waals surface area contributed by atoms with Crippen molar-refractivity contribution in [1.82, 2.24) is 15.2 Å². The Kier molecular flexibility index (Phi) is 4.71. The molecule has 5 nitrogen and oxygen atoms in total. The van der Waals surface area contributed by atoms with Gasteiger partial charge in [0.25, 0.3) is 5.22 Å². The maximum absolute atomic E-state index is 13.6. The highest BCUT2D eigenvalue weighted by Crippen LogP contribution is 2.26. The van der Waals surface area contributed by atoms with Gasteiger partial charge in [0.15, 0.2) is 0 Å². The van der Waals surface area contributed by atoms with Crippen molar-refractivity contribution < 1.29 is 13.2 Å². The van der Waals surface area contributed by atoms with Crippen molar-refractivity contribution in [2.75, 3.05) is 0 Å². The number of nitrogens with zero attached hydrogens (tertiary/aromatic N) is 3. The monoisotopic (exact) mass is 347 g/mol. The van der Waals surface area contributed by atoms with Gasteiger partial charge in [-0.3, -0.25) is 0 Å². The third kappa shape index (κ3) is 4.03. The first kappa shape index (κ1) is 16.7. The molecule has 0 unspecified atom stereocenters. The molecule has 0 bridgehead atoms. The largest absolute Gasteiger partial charge is 0.444 e. The van der Waals surface area contributed by atoms with E-state index in [9.17, 15) is 4.39 Å². The molecule has 0 atom stereocenters. The van der Waals surface area contributed by atoms with Crippen LogP contribution in [-0.4, -0.2) is 15.2 Å². The zero-order chi connectivity index (χ0) is 17.2. The maximum atomic E-state index is 13.6. The highest BCUT2D eigenvalue weighted by molar-refractivity contribution is 7.98. The lowest BCUT2D eigenvalue weighted by molar-refractivity contribution is 0.389. The highest BCUT2D eigenvalue weighted by Gasteiger charge is 2.19. The molecule has 0 amide bonds. The van der Waals surface area contributed by atoms with Gasteiger partial charge < -0.3 is 8.83 Å². The number of thioether (sulfide) groups is 1. The Bertz CT molecular complexity index is 823. The van der Waals surface area contributed by atoms with E-state index in [0.717, 1.165) is 5.76 Å². The van der Waals surface area contributed by atoms with Crippen molar-refractivity contribution in [2.24, 2.45) is 0 Å². The lowest BCUT2D eigenvalue weighted by atomic mass is 9.94. The first-order valence-corrected chi connectivity index (χ1v) is 8.54. The van der Waals surface area contributed by atoms with Crippen molar-refractivity contribution in [3.8, 4) is 0 Å². The van der Waals surface area contributed by atoms with Crippen LogP contribution in [0.1, 0.15) is 43.9 Å². The van der Waals surface area contributed by atoms with Crippen molar-refractivity contribution in [1.29, 1.82) is 0 Å². The van der Waals surface area contributed by atoms with Crippen LogP contribution in [0.25, 0.3) is 0 Å². The van der Waals surface area contributed by atoms with E-state index in [1.165, 1.54) is 17.8 Å². The molecule has 1 aromatic carbocycles. The second-order valence-corrected chi connectivity index (χ2v) is 7.31. The van der Waals surface area contributed by atoms with E-state index >= 15 is 0 Å². The molecule has 0 radical (unpaired) electrons. The molecule has 24 heavy (non-hydrogen) atoms. The van der Waals surface area contributed by atoms with E-state index in [2.05, 4.69) is 36.0 Å². The van der Waals surface area contributed by atoms with E-state index in [1.807, 2.05) is 0 Å². The van der Waals surface area contributed by atoms with Crippen LogP contribution in [0.15, 0.2) is 44.5 Å². The third-order valence-corrected chi connectivity index (χ3v) is 4.16. The van der Waals surface area contributed by atoms with Crippen LogP contribution in [0.4, 0.5) is 4.39 Å². The van der Waals surface area contributed by atoms with Crippen LogP contribution in [0.5, 0.6) is 0 Å². The summed E-state index contributed by atoms with van der Waals surface area (Å²) in [5.41, 5.74) is 0.452. The normalized spacial score (nSPS) is 11.8. The number of benzene rings is 1. The molecule has 3 aromatic rings.